The number of rotatable bonds is 1. The van der Waals surface area contributed by atoms with Crippen LogP contribution in [0.3, 0.4) is 0 Å². The van der Waals surface area contributed by atoms with Crippen LogP contribution in [0.2, 0.25) is 10.0 Å². The van der Waals surface area contributed by atoms with Crippen molar-refractivity contribution in [3.8, 4) is 0 Å². The van der Waals surface area contributed by atoms with Gasteiger partial charge in [0, 0.05) is 0 Å². The lowest BCUT2D eigenvalue weighted by atomic mass is 9.74. The lowest BCUT2D eigenvalue weighted by molar-refractivity contribution is 0.184. The van der Waals surface area contributed by atoms with Crippen LogP contribution in [0.1, 0.15) is 41.5 Å². The second-order valence-corrected chi connectivity index (χ2v) is 8.82. The number of para-hydroxylation sites is 1. The minimum Gasteiger partial charge on any atom is -0.351 e. The highest BCUT2D eigenvalue weighted by Crippen LogP contribution is 2.36. The Bertz CT molecular complexity index is 538. The summed E-state index contributed by atoms with van der Waals surface area (Å²) in [6, 6.07) is 5.95. The Morgan fingerprint density at radius 3 is 1.64 bits per heavy atom. The molecule has 2 N–H and O–H groups in total. The van der Waals surface area contributed by atoms with Gasteiger partial charge in [0.05, 0.1) is 22.1 Å². The highest BCUT2D eigenvalue weighted by Gasteiger charge is 2.44. The van der Waals surface area contributed by atoms with Crippen LogP contribution in [0.5, 0.6) is 0 Å². The van der Waals surface area contributed by atoms with Gasteiger partial charge in [-0.2, -0.15) is 0 Å². The third-order valence-electron chi connectivity index (χ3n) is 3.94. The molecule has 1 aromatic rings. The lowest BCUT2D eigenvalue weighted by Gasteiger charge is -2.38. The monoisotopic (exact) mass is 341 g/mol. The summed E-state index contributed by atoms with van der Waals surface area (Å²) in [4.78, 5) is 4.62. The standard InChI is InChI=1S/C17H25Cl2N3/c1-16(2,3)13-14(17(4,5)6)22-15(21-13)20-12-10(18)8-7-9-11(12)19/h7-9,13-14H,1-6H3,(H2,20,21,22)/t13-,14-/m0/s1. The molecule has 5 heteroatoms. The Kier molecular flexibility index (Phi) is 4.70. The Morgan fingerprint density at radius 1 is 0.864 bits per heavy atom. The molecule has 1 aromatic carbocycles. The summed E-state index contributed by atoms with van der Waals surface area (Å²) >= 11 is 12.4. The van der Waals surface area contributed by atoms with Crippen molar-refractivity contribution in [3.05, 3.63) is 28.2 Å². The van der Waals surface area contributed by atoms with Gasteiger partial charge >= 0.3 is 0 Å². The van der Waals surface area contributed by atoms with Gasteiger partial charge in [0.2, 0.25) is 0 Å². The van der Waals surface area contributed by atoms with Gasteiger partial charge in [0.1, 0.15) is 5.69 Å². The van der Waals surface area contributed by atoms with E-state index < -0.39 is 0 Å². The van der Waals surface area contributed by atoms with Crippen molar-refractivity contribution in [2.45, 2.75) is 53.6 Å². The van der Waals surface area contributed by atoms with E-state index in [0.717, 1.165) is 5.96 Å². The molecule has 0 radical (unpaired) electrons. The van der Waals surface area contributed by atoms with Crippen molar-refractivity contribution in [1.29, 1.82) is 0 Å². The summed E-state index contributed by atoms with van der Waals surface area (Å²) in [6.45, 7) is 13.4. The third-order valence-corrected chi connectivity index (χ3v) is 4.55. The number of benzene rings is 1. The molecule has 1 fully saturated rings. The summed E-state index contributed by atoms with van der Waals surface area (Å²) < 4.78 is 0. The van der Waals surface area contributed by atoms with E-state index in [1.165, 1.54) is 0 Å². The molecule has 2 rings (SSSR count). The average Bonchev–Trinajstić information content (AvgIpc) is 2.78. The van der Waals surface area contributed by atoms with E-state index >= 15 is 0 Å². The Morgan fingerprint density at radius 2 is 1.27 bits per heavy atom. The number of guanidine groups is 1. The van der Waals surface area contributed by atoms with Crippen LogP contribution >= 0.6 is 23.2 Å². The first-order chi connectivity index (χ1) is 10.00. The first kappa shape index (κ1) is 17.4. The molecular weight excluding hydrogens is 317 g/mol. The minimum absolute atomic E-state index is 0.104. The van der Waals surface area contributed by atoms with Gasteiger partial charge < -0.3 is 10.6 Å². The van der Waals surface area contributed by atoms with Gasteiger partial charge in [-0.1, -0.05) is 70.8 Å². The molecule has 0 aromatic heterocycles. The summed E-state index contributed by atoms with van der Waals surface area (Å²) in [5.74, 6) is 0.731. The zero-order valence-corrected chi connectivity index (χ0v) is 15.6. The zero-order valence-electron chi connectivity index (χ0n) is 14.1. The van der Waals surface area contributed by atoms with Crippen LogP contribution in [0, 0.1) is 10.8 Å². The molecule has 0 amide bonds. The van der Waals surface area contributed by atoms with Crippen molar-refractivity contribution < 1.29 is 0 Å². The van der Waals surface area contributed by atoms with Crippen LogP contribution in [-0.4, -0.2) is 18.0 Å². The molecular formula is C17H25Cl2N3. The highest BCUT2D eigenvalue weighted by molar-refractivity contribution is 6.38. The molecule has 0 unspecified atom stereocenters. The van der Waals surface area contributed by atoms with Crippen molar-refractivity contribution in [1.82, 2.24) is 10.6 Å². The van der Waals surface area contributed by atoms with E-state index in [4.69, 9.17) is 23.2 Å². The second-order valence-electron chi connectivity index (χ2n) is 8.01. The number of nitrogens with zero attached hydrogens (tertiary/aromatic N) is 1. The zero-order chi connectivity index (χ0) is 16.7. The number of hydrogen-bond acceptors (Lipinski definition) is 1. The topological polar surface area (TPSA) is 36.4 Å². The molecule has 1 saturated heterocycles. The van der Waals surface area contributed by atoms with Gasteiger partial charge in [-0.05, 0) is 23.0 Å². The van der Waals surface area contributed by atoms with E-state index in [1.54, 1.807) is 12.1 Å². The molecule has 2 atom stereocenters. The summed E-state index contributed by atoms with van der Waals surface area (Å²) in [7, 11) is 0. The Balaban J connectivity index is 2.37. The van der Waals surface area contributed by atoms with Crippen LogP contribution in [0.25, 0.3) is 0 Å². The normalized spacial score (nSPS) is 22.3. The van der Waals surface area contributed by atoms with Crippen LogP contribution in [0.15, 0.2) is 23.2 Å². The molecule has 1 heterocycles. The van der Waals surface area contributed by atoms with Crippen molar-refractivity contribution in [3.63, 3.8) is 0 Å². The fourth-order valence-corrected chi connectivity index (χ4v) is 3.19. The molecule has 0 saturated carbocycles. The Hall–Kier alpha value is -0.930. The number of halogens is 2. The number of hydrogen-bond donors (Lipinski definition) is 2. The van der Waals surface area contributed by atoms with Crippen molar-refractivity contribution in [2.24, 2.45) is 15.8 Å². The first-order valence-corrected chi connectivity index (χ1v) is 8.31. The van der Waals surface area contributed by atoms with Gasteiger partial charge in [0.15, 0.2) is 5.96 Å². The van der Waals surface area contributed by atoms with Crippen molar-refractivity contribution in [2.75, 3.05) is 0 Å². The summed E-state index contributed by atoms with van der Waals surface area (Å²) in [5, 5.41) is 8.13. The van der Waals surface area contributed by atoms with E-state index in [0.29, 0.717) is 15.7 Å². The smallest absolute Gasteiger partial charge is 0.197 e. The highest BCUT2D eigenvalue weighted by atomic mass is 35.5. The largest absolute Gasteiger partial charge is 0.351 e. The van der Waals surface area contributed by atoms with Gasteiger partial charge in [-0.25, -0.2) is 4.99 Å². The molecule has 1 aliphatic rings. The SMILES string of the molecule is CC(C)(C)[C@H]1NC(=Nc2c(Cl)cccc2Cl)N[C@@H]1C(C)(C)C. The first-order valence-electron chi connectivity index (χ1n) is 7.56. The maximum absolute atomic E-state index is 6.21. The molecule has 0 spiro atoms. The number of aliphatic imine (C=N–C) groups is 1. The van der Waals surface area contributed by atoms with E-state index in [2.05, 4.69) is 57.2 Å². The third kappa shape index (κ3) is 3.69. The predicted octanol–water partition coefficient (Wildman–Crippen LogP) is 5.00. The summed E-state index contributed by atoms with van der Waals surface area (Å²) in [5.41, 5.74) is 0.807. The van der Waals surface area contributed by atoms with Crippen molar-refractivity contribution >= 4 is 34.8 Å². The lowest BCUT2D eigenvalue weighted by Crippen LogP contribution is -2.50. The van der Waals surface area contributed by atoms with Crippen LogP contribution < -0.4 is 10.6 Å². The van der Waals surface area contributed by atoms with Gasteiger partial charge in [-0.15, -0.1) is 0 Å². The molecule has 0 bridgehead atoms. The minimum atomic E-state index is 0.104. The predicted molar refractivity (Wildman–Crippen MR) is 96.3 cm³/mol. The van der Waals surface area contributed by atoms with Crippen LogP contribution in [-0.2, 0) is 0 Å². The molecule has 3 nitrogen and oxygen atoms in total. The fourth-order valence-electron chi connectivity index (χ4n) is 2.71. The molecule has 22 heavy (non-hydrogen) atoms. The van der Waals surface area contributed by atoms with E-state index in [9.17, 15) is 0 Å². The van der Waals surface area contributed by atoms with Gasteiger partial charge in [0.25, 0.3) is 0 Å². The molecule has 1 aliphatic heterocycles. The Labute approximate surface area is 143 Å². The maximum Gasteiger partial charge on any atom is 0.197 e. The quantitative estimate of drug-likeness (QED) is 0.753. The maximum atomic E-state index is 6.21. The van der Waals surface area contributed by atoms with E-state index in [1.807, 2.05) is 6.07 Å². The average molecular weight is 342 g/mol. The fraction of sp³-hybridized carbons (Fsp3) is 0.588. The molecule has 0 aliphatic carbocycles. The second kappa shape index (κ2) is 5.93. The number of nitrogens with one attached hydrogen (secondary N) is 2. The van der Waals surface area contributed by atoms with E-state index in [-0.39, 0.29) is 22.9 Å². The summed E-state index contributed by atoms with van der Waals surface area (Å²) in [6.07, 6.45) is 0. The van der Waals surface area contributed by atoms with Gasteiger partial charge in [-0.3, -0.25) is 0 Å². The van der Waals surface area contributed by atoms with Crippen LogP contribution in [0.4, 0.5) is 5.69 Å². The molecule has 122 valence electrons.